The monoisotopic (exact) mass is 640 g/mol. The number of aliphatic imine (C=N–C) groups is 2. The second-order valence-electron chi connectivity index (χ2n) is 9.95. The van der Waals surface area contributed by atoms with E-state index in [0.717, 1.165) is 28.1 Å². The SMILES string of the molecule is C=CCN1C(=O)C(=Nc2cc(C)cc(Cl)c2)c2ccccc21.C=CCN1C(=O)C(=Nc2ccc(Cl)c(Cl)c2)c2ccccc21. The van der Waals surface area contributed by atoms with Crippen LogP contribution >= 0.6 is 34.8 Å². The first kappa shape index (κ1) is 31.0. The van der Waals surface area contributed by atoms with Gasteiger partial charge in [-0.1, -0.05) is 83.4 Å². The molecule has 2 aliphatic rings. The van der Waals surface area contributed by atoms with Gasteiger partial charge in [-0.3, -0.25) is 9.59 Å². The van der Waals surface area contributed by atoms with Gasteiger partial charge < -0.3 is 9.80 Å². The van der Waals surface area contributed by atoms with Gasteiger partial charge in [-0.2, -0.15) is 0 Å². The Hall–Kier alpha value is -4.49. The number of para-hydroxylation sites is 2. The highest BCUT2D eigenvalue weighted by Gasteiger charge is 2.34. The summed E-state index contributed by atoms with van der Waals surface area (Å²) in [4.78, 5) is 37.6. The minimum Gasteiger partial charge on any atom is -0.303 e. The van der Waals surface area contributed by atoms with Gasteiger partial charge in [0.05, 0.1) is 32.8 Å². The standard InChI is InChI=1S/C18H15ClN2O.C17H12Cl2N2O/c1-3-8-21-16-7-5-4-6-15(16)17(18(21)22)20-14-10-12(2)9-13(19)11-14;1-2-9-21-15-6-4-3-5-12(15)16(17(21)22)20-11-7-8-13(18)14(19)10-11/h3-7,9-11H,1,8H2,2H3;2-8,10H,1,9H2. The number of fused-ring (bicyclic) bond motifs is 2. The molecule has 0 fully saturated rings. The van der Waals surface area contributed by atoms with E-state index in [2.05, 4.69) is 23.1 Å². The molecule has 4 aromatic carbocycles. The Bertz CT molecular complexity index is 1840. The average molecular weight is 642 g/mol. The molecule has 0 aromatic heterocycles. The summed E-state index contributed by atoms with van der Waals surface area (Å²) in [6, 6.07) is 25.8. The summed E-state index contributed by atoms with van der Waals surface area (Å²) in [6.45, 7) is 10.3. The van der Waals surface area contributed by atoms with Crippen LogP contribution in [0.3, 0.4) is 0 Å². The van der Waals surface area contributed by atoms with Crippen molar-refractivity contribution in [2.45, 2.75) is 6.92 Å². The van der Waals surface area contributed by atoms with Gasteiger partial charge in [-0.25, -0.2) is 9.98 Å². The van der Waals surface area contributed by atoms with Gasteiger partial charge in [0.2, 0.25) is 0 Å². The summed E-state index contributed by atoms with van der Waals surface area (Å²) in [7, 11) is 0. The lowest BCUT2D eigenvalue weighted by atomic mass is 10.1. The largest absolute Gasteiger partial charge is 0.303 e. The fourth-order valence-corrected chi connectivity index (χ4v) is 5.53. The maximum absolute atomic E-state index is 12.6. The summed E-state index contributed by atoms with van der Waals surface area (Å²) < 4.78 is 0. The van der Waals surface area contributed by atoms with Crippen LogP contribution in [-0.4, -0.2) is 36.3 Å². The first-order chi connectivity index (χ1) is 21.2. The number of aryl methyl sites for hydroxylation is 1. The smallest absolute Gasteiger partial charge is 0.277 e. The number of carbonyl (C=O) groups excluding carboxylic acids is 2. The molecule has 0 aliphatic carbocycles. The highest BCUT2D eigenvalue weighted by molar-refractivity contribution is 6.55. The first-order valence-corrected chi connectivity index (χ1v) is 14.8. The van der Waals surface area contributed by atoms with E-state index < -0.39 is 0 Å². The zero-order valence-corrected chi connectivity index (χ0v) is 26.1. The second kappa shape index (κ2) is 13.4. The number of benzene rings is 4. The maximum atomic E-state index is 12.6. The minimum absolute atomic E-state index is 0.112. The van der Waals surface area contributed by atoms with Crippen LogP contribution in [0.25, 0.3) is 0 Å². The molecule has 4 aromatic rings. The van der Waals surface area contributed by atoms with Crippen LogP contribution in [0.15, 0.2) is 120 Å². The third-order valence-electron chi connectivity index (χ3n) is 6.83. The summed E-state index contributed by atoms with van der Waals surface area (Å²) in [6.07, 6.45) is 3.40. The van der Waals surface area contributed by atoms with Crippen LogP contribution in [-0.2, 0) is 9.59 Å². The summed E-state index contributed by atoms with van der Waals surface area (Å²) >= 11 is 18.0. The first-order valence-electron chi connectivity index (χ1n) is 13.7. The lowest BCUT2D eigenvalue weighted by Gasteiger charge is -2.13. The van der Waals surface area contributed by atoms with Crippen molar-refractivity contribution in [3.63, 3.8) is 0 Å². The fourth-order valence-electron chi connectivity index (χ4n) is 4.95. The van der Waals surface area contributed by atoms with Crippen LogP contribution < -0.4 is 9.80 Å². The number of hydrogen-bond acceptors (Lipinski definition) is 4. The molecule has 6 nitrogen and oxygen atoms in total. The Morgan fingerprint density at radius 3 is 1.68 bits per heavy atom. The van der Waals surface area contributed by atoms with Gasteiger partial charge in [-0.15, -0.1) is 13.2 Å². The number of amides is 2. The number of carbonyl (C=O) groups is 2. The third-order valence-corrected chi connectivity index (χ3v) is 7.79. The van der Waals surface area contributed by atoms with Crippen LogP contribution in [0, 0.1) is 6.92 Å². The summed E-state index contributed by atoms with van der Waals surface area (Å²) in [5.74, 6) is -0.258. The van der Waals surface area contributed by atoms with E-state index in [9.17, 15) is 9.59 Å². The number of halogens is 3. The van der Waals surface area contributed by atoms with E-state index in [1.54, 1.807) is 46.2 Å². The zero-order valence-electron chi connectivity index (χ0n) is 23.8. The normalized spacial score (nSPS) is 15.3. The molecular formula is C35H27Cl3N4O2. The van der Waals surface area contributed by atoms with Gasteiger partial charge in [0.15, 0.2) is 0 Å². The van der Waals surface area contributed by atoms with Crippen molar-refractivity contribution < 1.29 is 9.59 Å². The van der Waals surface area contributed by atoms with Crippen molar-refractivity contribution in [3.8, 4) is 0 Å². The van der Waals surface area contributed by atoms with E-state index in [1.807, 2.05) is 67.6 Å². The minimum atomic E-state index is -0.146. The van der Waals surface area contributed by atoms with E-state index in [0.29, 0.717) is 51.0 Å². The molecule has 2 aliphatic heterocycles. The zero-order chi connectivity index (χ0) is 31.4. The van der Waals surface area contributed by atoms with E-state index in [4.69, 9.17) is 34.8 Å². The molecule has 0 spiro atoms. The van der Waals surface area contributed by atoms with Gasteiger partial charge >= 0.3 is 0 Å². The molecule has 0 saturated heterocycles. The van der Waals surface area contributed by atoms with Crippen molar-refractivity contribution in [1.29, 1.82) is 0 Å². The van der Waals surface area contributed by atoms with Crippen molar-refractivity contribution in [2.24, 2.45) is 9.98 Å². The number of anilines is 2. The van der Waals surface area contributed by atoms with Crippen LogP contribution in [0.5, 0.6) is 0 Å². The van der Waals surface area contributed by atoms with E-state index in [1.165, 1.54) is 0 Å². The molecule has 0 saturated carbocycles. The summed E-state index contributed by atoms with van der Waals surface area (Å²) in [5.41, 5.74) is 6.48. The van der Waals surface area contributed by atoms with Crippen molar-refractivity contribution in [3.05, 3.63) is 142 Å². The number of hydrogen-bond donors (Lipinski definition) is 0. The molecule has 9 heteroatoms. The molecule has 2 amide bonds. The number of nitrogens with zero attached hydrogens (tertiary/aromatic N) is 4. The predicted molar refractivity (Wildman–Crippen MR) is 183 cm³/mol. The lowest BCUT2D eigenvalue weighted by molar-refractivity contribution is -0.112. The molecule has 220 valence electrons. The molecule has 0 atom stereocenters. The Morgan fingerprint density at radius 1 is 0.659 bits per heavy atom. The number of rotatable bonds is 6. The second-order valence-corrected chi connectivity index (χ2v) is 11.2. The predicted octanol–water partition coefficient (Wildman–Crippen LogP) is 8.95. The van der Waals surface area contributed by atoms with Gasteiger partial charge in [0.25, 0.3) is 11.8 Å². The van der Waals surface area contributed by atoms with Crippen LogP contribution in [0.4, 0.5) is 22.7 Å². The highest BCUT2D eigenvalue weighted by Crippen LogP contribution is 2.33. The van der Waals surface area contributed by atoms with Gasteiger partial charge in [0, 0.05) is 29.2 Å². The topological polar surface area (TPSA) is 65.3 Å². The summed E-state index contributed by atoms with van der Waals surface area (Å²) in [5, 5.41) is 1.48. The Kier molecular flexibility index (Phi) is 9.45. The third kappa shape index (κ3) is 6.38. The highest BCUT2D eigenvalue weighted by atomic mass is 35.5. The Labute approximate surface area is 271 Å². The molecule has 44 heavy (non-hydrogen) atoms. The molecule has 0 bridgehead atoms. The van der Waals surface area contributed by atoms with Crippen molar-refractivity contribution >= 4 is 80.8 Å². The Morgan fingerprint density at radius 2 is 1.18 bits per heavy atom. The molecule has 0 N–H and O–H groups in total. The van der Waals surface area contributed by atoms with Crippen molar-refractivity contribution in [2.75, 3.05) is 22.9 Å². The van der Waals surface area contributed by atoms with Gasteiger partial charge in [0.1, 0.15) is 11.4 Å². The van der Waals surface area contributed by atoms with Crippen molar-refractivity contribution in [1.82, 2.24) is 0 Å². The molecule has 0 radical (unpaired) electrons. The average Bonchev–Trinajstić information content (AvgIpc) is 3.41. The van der Waals surface area contributed by atoms with Gasteiger partial charge in [-0.05, 0) is 61.0 Å². The van der Waals surface area contributed by atoms with E-state index in [-0.39, 0.29) is 11.8 Å². The van der Waals surface area contributed by atoms with Crippen LogP contribution in [0.1, 0.15) is 16.7 Å². The van der Waals surface area contributed by atoms with Crippen LogP contribution in [0.2, 0.25) is 15.1 Å². The fraction of sp³-hybridized carbons (Fsp3) is 0.0857. The lowest BCUT2D eigenvalue weighted by Crippen LogP contribution is -2.30. The molecule has 0 unspecified atom stereocenters. The Balaban J connectivity index is 0.000000175. The molecular weight excluding hydrogens is 615 g/mol. The molecule has 2 heterocycles. The maximum Gasteiger partial charge on any atom is 0.277 e. The quantitative estimate of drug-likeness (QED) is 0.197. The van der Waals surface area contributed by atoms with E-state index >= 15 is 0 Å². The molecule has 6 rings (SSSR count).